The molecule has 1 saturated heterocycles. The summed E-state index contributed by atoms with van der Waals surface area (Å²) in [5.41, 5.74) is 8.70. The fraction of sp³-hybridized carbons (Fsp3) is 0.400. The summed E-state index contributed by atoms with van der Waals surface area (Å²) in [6, 6.07) is 8.79. The lowest BCUT2D eigenvalue weighted by atomic mass is 10.1. The van der Waals surface area contributed by atoms with Crippen LogP contribution in [0.5, 0.6) is 0 Å². The smallest absolute Gasteiger partial charge is 0.254 e. The van der Waals surface area contributed by atoms with Gasteiger partial charge in [-0.2, -0.15) is 0 Å². The molecule has 26 heavy (non-hydrogen) atoms. The third-order valence-corrected chi connectivity index (χ3v) is 4.64. The molecular formula is C20H24N4O2. The molecule has 2 N–H and O–H groups in total. The highest BCUT2D eigenvalue weighted by atomic mass is 16.2. The van der Waals surface area contributed by atoms with Gasteiger partial charge in [-0.3, -0.25) is 9.59 Å². The van der Waals surface area contributed by atoms with Crippen LogP contribution in [0.4, 0.5) is 0 Å². The number of amides is 2. The second-order valence-corrected chi connectivity index (χ2v) is 6.70. The Balaban J connectivity index is 1.82. The maximum absolute atomic E-state index is 12.7. The first-order chi connectivity index (χ1) is 12.5. The van der Waals surface area contributed by atoms with Crippen molar-refractivity contribution in [3.05, 3.63) is 47.4 Å². The van der Waals surface area contributed by atoms with E-state index < -0.39 is 11.9 Å². The Morgan fingerprint density at radius 1 is 1.23 bits per heavy atom. The fourth-order valence-corrected chi connectivity index (χ4v) is 3.37. The quantitative estimate of drug-likeness (QED) is 0.895. The van der Waals surface area contributed by atoms with Crippen LogP contribution in [0, 0.1) is 6.92 Å². The van der Waals surface area contributed by atoms with E-state index in [1.807, 2.05) is 25.1 Å². The van der Waals surface area contributed by atoms with Crippen LogP contribution in [-0.4, -0.2) is 39.3 Å². The van der Waals surface area contributed by atoms with Crippen LogP contribution >= 0.6 is 0 Å². The van der Waals surface area contributed by atoms with Crippen LogP contribution in [0.1, 0.15) is 48.1 Å². The van der Waals surface area contributed by atoms with Crippen molar-refractivity contribution >= 4 is 11.8 Å². The number of likely N-dealkylation sites (tertiary alicyclic amines) is 1. The summed E-state index contributed by atoms with van der Waals surface area (Å²) >= 11 is 0. The van der Waals surface area contributed by atoms with E-state index in [0.717, 1.165) is 42.0 Å². The molecule has 1 aromatic carbocycles. The Morgan fingerprint density at radius 3 is 2.62 bits per heavy atom. The fourth-order valence-electron chi connectivity index (χ4n) is 3.37. The first-order valence-corrected chi connectivity index (χ1v) is 9.05. The molecule has 2 amide bonds. The predicted octanol–water partition coefficient (Wildman–Crippen LogP) is 2.49. The van der Waals surface area contributed by atoms with Crippen LogP contribution in [0.15, 0.2) is 30.3 Å². The van der Waals surface area contributed by atoms with E-state index in [4.69, 9.17) is 5.73 Å². The molecular weight excluding hydrogens is 328 g/mol. The lowest BCUT2D eigenvalue weighted by Crippen LogP contribution is -2.43. The van der Waals surface area contributed by atoms with Crippen LogP contribution < -0.4 is 5.73 Å². The van der Waals surface area contributed by atoms with Gasteiger partial charge in [-0.1, -0.05) is 19.1 Å². The minimum atomic E-state index is -0.497. The van der Waals surface area contributed by atoms with Gasteiger partial charge in [0.25, 0.3) is 5.91 Å². The molecule has 0 aliphatic carbocycles. The molecule has 1 aromatic heterocycles. The summed E-state index contributed by atoms with van der Waals surface area (Å²) in [6.45, 7) is 4.63. The van der Waals surface area contributed by atoms with Crippen molar-refractivity contribution in [2.45, 2.75) is 45.6 Å². The third kappa shape index (κ3) is 3.74. The zero-order valence-electron chi connectivity index (χ0n) is 15.2. The van der Waals surface area contributed by atoms with E-state index in [1.54, 1.807) is 17.0 Å². The van der Waals surface area contributed by atoms with Gasteiger partial charge in [0.2, 0.25) is 5.91 Å². The highest BCUT2D eigenvalue weighted by Gasteiger charge is 2.33. The molecule has 0 spiro atoms. The standard InChI is InChI=1S/C20H24N4O2/c1-3-5-18-22-13(2)12-16(23-18)14-7-9-15(10-8-14)20(26)24-11-4-6-17(24)19(21)25/h7-10,12,17H,3-6,11H2,1-2H3,(H2,21,25)/t17-/m0/s1. The number of carbonyl (C=O) groups is 2. The maximum atomic E-state index is 12.7. The van der Waals surface area contributed by atoms with E-state index in [0.29, 0.717) is 18.5 Å². The molecule has 1 aliphatic heterocycles. The first kappa shape index (κ1) is 18.0. The van der Waals surface area contributed by atoms with E-state index in [2.05, 4.69) is 16.9 Å². The summed E-state index contributed by atoms with van der Waals surface area (Å²) < 4.78 is 0. The molecule has 1 aliphatic rings. The van der Waals surface area contributed by atoms with Crippen LogP contribution in [0.25, 0.3) is 11.3 Å². The lowest BCUT2D eigenvalue weighted by molar-refractivity contribution is -0.121. The van der Waals surface area contributed by atoms with Gasteiger partial charge in [-0.25, -0.2) is 9.97 Å². The SMILES string of the molecule is CCCc1nc(C)cc(-c2ccc(C(=O)N3CCC[C@H]3C(N)=O)cc2)n1. The number of primary amides is 1. The Hall–Kier alpha value is -2.76. The van der Waals surface area contributed by atoms with Gasteiger partial charge in [0.15, 0.2) is 0 Å². The molecule has 0 bridgehead atoms. The van der Waals surface area contributed by atoms with Gasteiger partial charge >= 0.3 is 0 Å². The first-order valence-electron chi connectivity index (χ1n) is 9.05. The van der Waals surface area contributed by atoms with Gasteiger partial charge in [-0.05, 0) is 44.4 Å². The maximum Gasteiger partial charge on any atom is 0.254 e. The minimum Gasteiger partial charge on any atom is -0.368 e. The number of aryl methyl sites for hydroxylation is 2. The van der Waals surface area contributed by atoms with Crippen LogP contribution in [-0.2, 0) is 11.2 Å². The van der Waals surface area contributed by atoms with Crippen LogP contribution in [0.3, 0.4) is 0 Å². The van der Waals surface area contributed by atoms with Crippen molar-refractivity contribution in [1.29, 1.82) is 0 Å². The minimum absolute atomic E-state index is 0.150. The molecule has 136 valence electrons. The number of hydrogen-bond donors (Lipinski definition) is 1. The Labute approximate surface area is 153 Å². The molecule has 3 rings (SSSR count). The van der Waals surface area contributed by atoms with Crippen molar-refractivity contribution in [3.8, 4) is 11.3 Å². The van der Waals surface area contributed by atoms with E-state index >= 15 is 0 Å². The number of nitrogens with zero attached hydrogens (tertiary/aromatic N) is 3. The summed E-state index contributed by atoms with van der Waals surface area (Å²) in [5.74, 6) is 0.250. The normalized spacial score (nSPS) is 16.7. The Kier molecular flexibility index (Phi) is 5.30. The largest absolute Gasteiger partial charge is 0.368 e. The molecule has 6 heteroatoms. The highest BCUT2D eigenvalue weighted by Crippen LogP contribution is 2.23. The average Bonchev–Trinajstić information content (AvgIpc) is 3.11. The number of hydrogen-bond acceptors (Lipinski definition) is 4. The van der Waals surface area contributed by atoms with Crippen molar-refractivity contribution in [2.75, 3.05) is 6.54 Å². The van der Waals surface area contributed by atoms with Crippen molar-refractivity contribution in [2.24, 2.45) is 5.73 Å². The molecule has 2 heterocycles. The Morgan fingerprint density at radius 2 is 1.96 bits per heavy atom. The molecule has 0 radical (unpaired) electrons. The molecule has 1 fully saturated rings. The number of aromatic nitrogens is 2. The third-order valence-electron chi connectivity index (χ3n) is 4.64. The van der Waals surface area contributed by atoms with E-state index in [1.165, 1.54) is 0 Å². The Bertz CT molecular complexity index is 817. The molecule has 1 atom stereocenters. The van der Waals surface area contributed by atoms with Gasteiger partial charge in [0.05, 0.1) is 5.69 Å². The molecule has 6 nitrogen and oxygen atoms in total. The van der Waals surface area contributed by atoms with Gasteiger partial charge in [0.1, 0.15) is 11.9 Å². The van der Waals surface area contributed by atoms with E-state index in [9.17, 15) is 9.59 Å². The van der Waals surface area contributed by atoms with Gasteiger partial charge < -0.3 is 10.6 Å². The van der Waals surface area contributed by atoms with Gasteiger partial charge in [-0.15, -0.1) is 0 Å². The van der Waals surface area contributed by atoms with Crippen LogP contribution in [0.2, 0.25) is 0 Å². The summed E-state index contributed by atoms with van der Waals surface area (Å²) in [4.78, 5) is 34.9. The molecule has 0 unspecified atom stereocenters. The average molecular weight is 352 g/mol. The zero-order chi connectivity index (χ0) is 18.7. The lowest BCUT2D eigenvalue weighted by Gasteiger charge is -2.22. The zero-order valence-corrected chi connectivity index (χ0v) is 15.2. The molecule has 2 aromatic rings. The number of rotatable bonds is 5. The summed E-state index contributed by atoms with van der Waals surface area (Å²) in [7, 11) is 0. The van der Waals surface area contributed by atoms with Crippen molar-refractivity contribution < 1.29 is 9.59 Å². The summed E-state index contributed by atoms with van der Waals surface area (Å²) in [5, 5.41) is 0. The van der Waals surface area contributed by atoms with Crippen molar-refractivity contribution in [1.82, 2.24) is 14.9 Å². The topological polar surface area (TPSA) is 89.2 Å². The number of benzene rings is 1. The van der Waals surface area contributed by atoms with E-state index in [-0.39, 0.29) is 5.91 Å². The molecule has 0 saturated carbocycles. The second kappa shape index (κ2) is 7.64. The summed E-state index contributed by atoms with van der Waals surface area (Å²) in [6.07, 6.45) is 3.28. The van der Waals surface area contributed by atoms with Gasteiger partial charge in [0, 0.05) is 29.8 Å². The number of nitrogens with two attached hydrogens (primary N) is 1. The number of carbonyl (C=O) groups excluding carboxylic acids is 2. The van der Waals surface area contributed by atoms with Crippen molar-refractivity contribution in [3.63, 3.8) is 0 Å². The monoisotopic (exact) mass is 352 g/mol. The predicted molar refractivity (Wildman–Crippen MR) is 99.5 cm³/mol. The highest BCUT2D eigenvalue weighted by molar-refractivity contribution is 5.98. The second-order valence-electron chi connectivity index (χ2n) is 6.70.